The Kier molecular flexibility index (Phi) is 6.72. The number of rotatable bonds is 6. The molecule has 6 rings (SSSR count). The van der Waals surface area contributed by atoms with Gasteiger partial charge in [0.15, 0.2) is 0 Å². The second-order valence-corrected chi connectivity index (χ2v) is 13.9. The van der Waals surface area contributed by atoms with E-state index in [4.69, 9.17) is 9.47 Å². The van der Waals surface area contributed by atoms with Gasteiger partial charge in [-0.3, -0.25) is 0 Å². The van der Waals surface area contributed by atoms with Gasteiger partial charge < -0.3 is 0 Å². The Bertz CT molecular complexity index is 1130. The quantitative estimate of drug-likeness (QED) is 0.364. The topological polar surface area (TPSA) is 18.5 Å². The molecule has 0 heterocycles. The third-order valence-corrected chi connectivity index (χ3v) is 13.1. The normalized spacial score (nSPS) is 23.5. The van der Waals surface area contributed by atoms with Crippen LogP contribution in [0.15, 0.2) is 83.0 Å². The molecular weight excluding hydrogens is 508 g/mol. The van der Waals surface area contributed by atoms with Crippen LogP contribution in [0.4, 0.5) is 0 Å². The Morgan fingerprint density at radius 1 is 0.571 bits per heavy atom. The molecule has 35 heavy (non-hydrogen) atoms. The summed E-state index contributed by atoms with van der Waals surface area (Å²) in [7, 11) is 3.51. The molecule has 0 aliphatic heterocycles. The van der Waals surface area contributed by atoms with Crippen LogP contribution in [-0.2, 0) is 23.2 Å². The first kappa shape index (κ1) is 23.3. The molecule has 4 aliphatic carbocycles. The van der Waals surface area contributed by atoms with Crippen LogP contribution >= 0.6 is 0 Å². The van der Waals surface area contributed by atoms with Gasteiger partial charge in [-0.05, 0) is 0 Å². The van der Waals surface area contributed by atoms with Gasteiger partial charge in [0.1, 0.15) is 0 Å². The van der Waals surface area contributed by atoms with Gasteiger partial charge in [0.2, 0.25) is 0 Å². The van der Waals surface area contributed by atoms with Crippen molar-refractivity contribution in [2.75, 3.05) is 14.2 Å². The van der Waals surface area contributed by atoms with Crippen molar-refractivity contribution in [1.29, 1.82) is 0 Å². The molecule has 0 saturated heterocycles. The van der Waals surface area contributed by atoms with Crippen LogP contribution in [0.5, 0.6) is 11.5 Å². The van der Waals surface area contributed by atoms with E-state index in [1.807, 2.05) is 0 Å². The predicted molar refractivity (Wildman–Crippen MR) is 140 cm³/mol. The summed E-state index contributed by atoms with van der Waals surface area (Å²) in [5.41, 5.74) is 12.9. The molecule has 0 bridgehead atoms. The Morgan fingerprint density at radius 3 is 1.37 bits per heavy atom. The van der Waals surface area contributed by atoms with Crippen LogP contribution in [-0.4, -0.2) is 14.2 Å². The number of hydrogen-bond acceptors (Lipinski definition) is 2. The van der Waals surface area contributed by atoms with E-state index in [1.165, 1.54) is 62.5 Å². The maximum atomic E-state index is 5.46. The average molecular weight is 542 g/mol. The fourth-order valence-corrected chi connectivity index (χ4v) is 12.0. The first-order valence-electron chi connectivity index (χ1n) is 13.2. The zero-order chi connectivity index (χ0) is 23.8. The van der Waals surface area contributed by atoms with Gasteiger partial charge in [0.25, 0.3) is 0 Å². The van der Waals surface area contributed by atoms with Crippen LogP contribution in [0.1, 0.15) is 62.5 Å². The van der Waals surface area contributed by atoms with E-state index in [0.717, 1.165) is 11.5 Å². The minimum absolute atomic E-state index is 0.683. The third kappa shape index (κ3) is 4.46. The van der Waals surface area contributed by atoms with Crippen LogP contribution in [0.3, 0.4) is 0 Å². The van der Waals surface area contributed by atoms with E-state index in [-0.39, 0.29) is 0 Å². The van der Waals surface area contributed by atoms with Gasteiger partial charge in [0.05, 0.1) is 0 Å². The van der Waals surface area contributed by atoms with Crippen molar-refractivity contribution < 1.29 is 32.7 Å². The van der Waals surface area contributed by atoms with Crippen LogP contribution < -0.4 is 9.47 Å². The van der Waals surface area contributed by atoms with E-state index >= 15 is 0 Å². The SMILES string of the molecule is COc1ccc(C2=CC3=C(CCCC3)[CH]2[Zr][CH]2C(c3ccc(OC)cc3)=CC3=C2CCCC3)cc1. The van der Waals surface area contributed by atoms with Crippen LogP contribution in [0.25, 0.3) is 11.1 Å². The molecule has 0 radical (unpaired) electrons. The maximum absolute atomic E-state index is 5.46. The number of allylic oxidation sites excluding steroid dienone is 8. The van der Waals surface area contributed by atoms with Crippen molar-refractivity contribution >= 4 is 11.1 Å². The molecule has 178 valence electrons. The van der Waals surface area contributed by atoms with E-state index in [0.29, 0.717) is 7.25 Å². The number of ether oxygens (including phenoxy) is 2. The van der Waals surface area contributed by atoms with Gasteiger partial charge in [-0.2, -0.15) is 0 Å². The molecule has 2 aromatic rings. The number of hydrogen-bond donors (Lipinski definition) is 0. The fraction of sp³-hybridized carbons (Fsp3) is 0.375. The molecule has 0 N–H and O–H groups in total. The van der Waals surface area contributed by atoms with Crippen LogP contribution in [0, 0.1) is 0 Å². The third-order valence-electron chi connectivity index (χ3n) is 8.27. The zero-order valence-corrected chi connectivity index (χ0v) is 23.4. The van der Waals surface area contributed by atoms with Crippen molar-refractivity contribution in [3.8, 4) is 11.5 Å². The molecule has 0 fully saturated rings. The summed E-state index contributed by atoms with van der Waals surface area (Å²) in [6, 6.07) is 17.7. The molecule has 2 atom stereocenters. The molecule has 3 heteroatoms. The van der Waals surface area contributed by atoms with Crippen molar-refractivity contribution in [2.45, 2.75) is 58.6 Å². The second kappa shape index (κ2) is 10.1. The Balaban J connectivity index is 1.37. The summed E-state index contributed by atoms with van der Waals surface area (Å²) < 4.78 is 12.3. The number of methoxy groups -OCH3 is 2. The van der Waals surface area contributed by atoms with Gasteiger partial charge >= 0.3 is 222 Å². The summed E-state index contributed by atoms with van der Waals surface area (Å²) in [6.45, 7) is 0. The summed E-state index contributed by atoms with van der Waals surface area (Å²) in [5.74, 6) is 1.89. The second-order valence-electron chi connectivity index (χ2n) is 10.2. The molecule has 0 spiro atoms. The molecule has 0 saturated carbocycles. The molecule has 0 amide bonds. The van der Waals surface area contributed by atoms with Crippen molar-refractivity contribution in [3.05, 3.63) is 94.1 Å². The van der Waals surface area contributed by atoms with Gasteiger partial charge in [-0.25, -0.2) is 0 Å². The van der Waals surface area contributed by atoms with E-state index < -0.39 is 23.2 Å². The Morgan fingerprint density at radius 2 is 0.971 bits per heavy atom. The van der Waals surface area contributed by atoms with Crippen LogP contribution in [0.2, 0.25) is 7.25 Å². The van der Waals surface area contributed by atoms with E-state index in [1.54, 1.807) is 47.7 Å². The molecule has 0 aromatic heterocycles. The monoisotopic (exact) mass is 540 g/mol. The average Bonchev–Trinajstić information content (AvgIpc) is 3.48. The Hall–Kier alpha value is -2.12. The molecule has 2 aromatic carbocycles. The number of benzene rings is 2. The van der Waals surface area contributed by atoms with Crippen molar-refractivity contribution in [2.24, 2.45) is 0 Å². The van der Waals surface area contributed by atoms with Gasteiger partial charge in [-0.15, -0.1) is 0 Å². The molecular formula is C32H34O2Zr. The summed E-state index contributed by atoms with van der Waals surface area (Å²) in [4.78, 5) is 0. The van der Waals surface area contributed by atoms with E-state index in [2.05, 4.69) is 60.7 Å². The fourth-order valence-electron chi connectivity index (χ4n) is 6.43. The van der Waals surface area contributed by atoms with Crippen molar-refractivity contribution in [1.82, 2.24) is 0 Å². The zero-order valence-electron chi connectivity index (χ0n) is 20.9. The molecule has 4 aliphatic rings. The first-order valence-corrected chi connectivity index (χ1v) is 16.0. The first-order chi connectivity index (χ1) is 17.2. The summed E-state index contributed by atoms with van der Waals surface area (Å²) in [6.07, 6.45) is 15.7. The van der Waals surface area contributed by atoms with Crippen molar-refractivity contribution in [3.63, 3.8) is 0 Å². The predicted octanol–water partition coefficient (Wildman–Crippen LogP) is 8.60. The summed E-state index contributed by atoms with van der Waals surface area (Å²) in [5, 5.41) is 0. The van der Waals surface area contributed by atoms with E-state index in [9.17, 15) is 0 Å². The minimum atomic E-state index is -0.871. The van der Waals surface area contributed by atoms with Gasteiger partial charge in [0, 0.05) is 0 Å². The molecule has 2 nitrogen and oxygen atoms in total. The molecule has 2 unspecified atom stereocenters. The standard InChI is InChI=1S/2C16H17O.Zr/c2*1-17-16-8-6-12(7-9-16)15-10-13-4-2-3-5-14(13)11-15;/h2*6-11H,2-5H2,1H3;. The summed E-state index contributed by atoms with van der Waals surface area (Å²) >= 11 is -0.871. The van der Waals surface area contributed by atoms with Gasteiger partial charge in [-0.1, -0.05) is 0 Å². The Labute approximate surface area is 221 Å².